The van der Waals surface area contributed by atoms with Crippen LogP contribution < -0.4 is 9.47 Å². The van der Waals surface area contributed by atoms with Gasteiger partial charge in [-0.2, -0.15) is 4.31 Å². The topological polar surface area (TPSA) is 55.8 Å². The van der Waals surface area contributed by atoms with E-state index in [1.807, 2.05) is 12.1 Å². The third-order valence-corrected chi connectivity index (χ3v) is 5.52. The molecule has 0 N–H and O–H groups in total. The van der Waals surface area contributed by atoms with Gasteiger partial charge in [-0.25, -0.2) is 8.42 Å². The number of hydrogen-bond acceptors (Lipinski definition) is 4. The lowest BCUT2D eigenvalue weighted by atomic mass is 10.2. The van der Waals surface area contributed by atoms with Crippen molar-refractivity contribution in [2.24, 2.45) is 0 Å². The highest BCUT2D eigenvalue weighted by molar-refractivity contribution is 7.89. The zero-order valence-corrected chi connectivity index (χ0v) is 15.4. The minimum Gasteiger partial charge on any atom is -0.497 e. The quantitative estimate of drug-likeness (QED) is 0.748. The molecule has 0 unspecified atom stereocenters. The van der Waals surface area contributed by atoms with Crippen LogP contribution in [0.15, 0.2) is 47.4 Å². The Morgan fingerprint density at radius 3 is 2.38 bits per heavy atom. The van der Waals surface area contributed by atoms with Gasteiger partial charge in [0.15, 0.2) is 0 Å². The molecule has 0 fully saturated rings. The molecule has 2 aromatic carbocycles. The van der Waals surface area contributed by atoms with E-state index in [1.165, 1.54) is 17.4 Å². The largest absolute Gasteiger partial charge is 0.497 e. The molecule has 0 radical (unpaired) electrons. The zero-order valence-electron chi connectivity index (χ0n) is 13.8. The van der Waals surface area contributed by atoms with E-state index in [9.17, 15) is 8.42 Å². The van der Waals surface area contributed by atoms with Crippen LogP contribution in [0.1, 0.15) is 12.5 Å². The molecule has 0 amide bonds. The lowest BCUT2D eigenvalue weighted by molar-refractivity contribution is 0.329. The van der Waals surface area contributed by atoms with Gasteiger partial charge >= 0.3 is 0 Å². The van der Waals surface area contributed by atoms with Gasteiger partial charge in [0.25, 0.3) is 0 Å². The Balaban J connectivity index is 2.30. The van der Waals surface area contributed by atoms with E-state index in [2.05, 4.69) is 0 Å². The molecule has 0 spiro atoms. The van der Waals surface area contributed by atoms with Crippen LogP contribution >= 0.6 is 11.6 Å². The fourth-order valence-electron chi connectivity index (χ4n) is 2.20. The van der Waals surface area contributed by atoms with E-state index in [-0.39, 0.29) is 11.4 Å². The van der Waals surface area contributed by atoms with Crippen LogP contribution in [0.25, 0.3) is 0 Å². The minimum atomic E-state index is -3.74. The Morgan fingerprint density at radius 1 is 1.12 bits per heavy atom. The second kappa shape index (κ2) is 7.88. The highest BCUT2D eigenvalue weighted by atomic mass is 35.5. The molecule has 130 valence electrons. The monoisotopic (exact) mass is 369 g/mol. The summed E-state index contributed by atoms with van der Waals surface area (Å²) in [4.78, 5) is 0.0628. The van der Waals surface area contributed by atoms with Gasteiger partial charge in [0.1, 0.15) is 16.4 Å². The van der Waals surface area contributed by atoms with Crippen molar-refractivity contribution in [2.75, 3.05) is 20.8 Å². The van der Waals surface area contributed by atoms with E-state index in [1.54, 1.807) is 38.3 Å². The molecule has 0 saturated carbocycles. The molecule has 0 atom stereocenters. The number of benzene rings is 2. The van der Waals surface area contributed by atoms with E-state index < -0.39 is 10.0 Å². The first-order valence-corrected chi connectivity index (χ1v) is 9.22. The summed E-state index contributed by atoms with van der Waals surface area (Å²) in [6, 6.07) is 11.8. The molecule has 0 saturated heterocycles. The summed E-state index contributed by atoms with van der Waals surface area (Å²) in [6.45, 7) is 2.39. The minimum absolute atomic E-state index is 0.0628. The summed E-state index contributed by atoms with van der Waals surface area (Å²) < 4.78 is 37.5. The molecule has 0 aliphatic heterocycles. The number of halogens is 1. The maximum Gasteiger partial charge on any atom is 0.246 e. The van der Waals surface area contributed by atoms with Gasteiger partial charge in [-0.3, -0.25) is 0 Å². The molecule has 2 rings (SSSR count). The second-order valence-corrected chi connectivity index (χ2v) is 7.58. The summed E-state index contributed by atoms with van der Waals surface area (Å²) in [5.74, 6) is 1.02. The van der Waals surface area contributed by atoms with Crippen molar-refractivity contribution >= 4 is 21.6 Å². The lowest BCUT2D eigenvalue weighted by Gasteiger charge is -2.19. The zero-order chi connectivity index (χ0) is 17.7. The van der Waals surface area contributed by atoms with Crippen molar-refractivity contribution in [2.45, 2.75) is 18.4 Å². The Morgan fingerprint density at radius 2 is 1.79 bits per heavy atom. The molecule has 0 aliphatic rings. The molecule has 7 heteroatoms. The standard InChI is InChI=1S/C17H20ClNO4S/c1-4-23-16-10-7-14(18)11-17(16)24(20,21)19(2)12-13-5-8-15(22-3)9-6-13/h5-11H,4,12H2,1-3H3. The first-order chi connectivity index (χ1) is 11.4. The molecule has 5 nitrogen and oxygen atoms in total. The number of hydrogen-bond donors (Lipinski definition) is 0. The Labute approximate surface area is 147 Å². The maximum atomic E-state index is 12.9. The molecule has 0 bridgehead atoms. The van der Waals surface area contributed by atoms with Gasteiger partial charge in [-0.15, -0.1) is 0 Å². The number of rotatable bonds is 7. The summed E-state index contributed by atoms with van der Waals surface area (Å²) in [5, 5.41) is 0.342. The Bertz CT molecular complexity index is 791. The van der Waals surface area contributed by atoms with Crippen molar-refractivity contribution in [3.63, 3.8) is 0 Å². The number of methoxy groups -OCH3 is 1. The summed E-state index contributed by atoms with van der Waals surface area (Å²) in [7, 11) is -0.628. The number of nitrogens with zero attached hydrogens (tertiary/aromatic N) is 1. The van der Waals surface area contributed by atoms with Gasteiger partial charge in [0.2, 0.25) is 10.0 Å². The van der Waals surface area contributed by atoms with Crippen molar-refractivity contribution in [1.29, 1.82) is 0 Å². The van der Waals surface area contributed by atoms with Crippen LogP contribution in [0.3, 0.4) is 0 Å². The normalized spacial score (nSPS) is 11.5. The highest BCUT2D eigenvalue weighted by Crippen LogP contribution is 2.30. The van der Waals surface area contributed by atoms with E-state index >= 15 is 0 Å². The average molecular weight is 370 g/mol. The van der Waals surface area contributed by atoms with Crippen molar-refractivity contribution in [3.05, 3.63) is 53.1 Å². The van der Waals surface area contributed by atoms with Crippen LogP contribution in [0.4, 0.5) is 0 Å². The fourth-order valence-corrected chi connectivity index (χ4v) is 3.75. The SMILES string of the molecule is CCOc1ccc(Cl)cc1S(=O)(=O)N(C)Cc1ccc(OC)cc1. The Kier molecular flexibility index (Phi) is 6.10. The van der Waals surface area contributed by atoms with E-state index in [0.717, 1.165) is 11.3 Å². The first-order valence-electron chi connectivity index (χ1n) is 7.40. The molecule has 24 heavy (non-hydrogen) atoms. The van der Waals surface area contributed by atoms with Crippen molar-refractivity contribution < 1.29 is 17.9 Å². The van der Waals surface area contributed by atoms with Gasteiger partial charge in [0.05, 0.1) is 13.7 Å². The van der Waals surface area contributed by atoms with Crippen LogP contribution in [0.2, 0.25) is 5.02 Å². The summed E-state index contributed by atoms with van der Waals surface area (Å²) in [5.41, 5.74) is 0.849. The summed E-state index contributed by atoms with van der Waals surface area (Å²) in [6.07, 6.45) is 0. The molecule has 0 aliphatic carbocycles. The molecular weight excluding hydrogens is 350 g/mol. The van der Waals surface area contributed by atoms with Gasteiger partial charge < -0.3 is 9.47 Å². The van der Waals surface area contributed by atoms with Crippen LogP contribution in [0, 0.1) is 0 Å². The molecule has 0 heterocycles. The third kappa shape index (κ3) is 4.20. The van der Waals surface area contributed by atoms with Crippen molar-refractivity contribution in [1.82, 2.24) is 4.31 Å². The predicted octanol–water partition coefficient (Wildman–Crippen LogP) is 3.57. The Hall–Kier alpha value is -1.76. The summed E-state index contributed by atoms with van der Waals surface area (Å²) >= 11 is 5.97. The van der Waals surface area contributed by atoms with E-state index in [4.69, 9.17) is 21.1 Å². The maximum absolute atomic E-state index is 12.9. The molecule has 0 aromatic heterocycles. The van der Waals surface area contributed by atoms with Gasteiger partial charge in [0, 0.05) is 18.6 Å². The van der Waals surface area contributed by atoms with Crippen molar-refractivity contribution in [3.8, 4) is 11.5 Å². The second-order valence-electron chi connectivity index (χ2n) is 5.13. The van der Waals surface area contributed by atoms with Crippen LogP contribution in [-0.2, 0) is 16.6 Å². The lowest BCUT2D eigenvalue weighted by Crippen LogP contribution is -2.27. The first kappa shape index (κ1) is 18.6. The molecule has 2 aromatic rings. The van der Waals surface area contributed by atoms with Gasteiger partial charge in [-0.05, 0) is 42.8 Å². The van der Waals surface area contributed by atoms with E-state index in [0.29, 0.717) is 17.4 Å². The molecular formula is C17H20ClNO4S. The highest BCUT2D eigenvalue weighted by Gasteiger charge is 2.25. The average Bonchev–Trinajstić information content (AvgIpc) is 2.57. The number of ether oxygens (including phenoxy) is 2. The fraction of sp³-hybridized carbons (Fsp3) is 0.294. The third-order valence-electron chi connectivity index (χ3n) is 3.46. The smallest absolute Gasteiger partial charge is 0.246 e. The number of sulfonamides is 1. The van der Waals surface area contributed by atoms with Crippen LogP contribution in [-0.4, -0.2) is 33.5 Å². The predicted molar refractivity (Wildman–Crippen MR) is 94.3 cm³/mol. The van der Waals surface area contributed by atoms with Gasteiger partial charge in [-0.1, -0.05) is 23.7 Å². The van der Waals surface area contributed by atoms with Crippen LogP contribution in [0.5, 0.6) is 11.5 Å².